The van der Waals surface area contributed by atoms with Crippen molar-refractivity contribution in [2.24, 2.45) is 0 Å². The molecule has 0 radical (unpaired) electrons. The first kappa shape index (κ1) is 17.1. The summed E-state index contributed by atoms with van der Waals surface area (Å²) in [5, 5.41) is 34.9. The highest BCUT2D eigenvalue weighted by atomic mass is 35.5. The maximum atomic E-state index is 10.3. The Bertz CT molecular complexity index is 947. The van der Waals surface area contributed by atoms with E-state index in [2.05, 4.69) is 15.5 Å². The van der Waals surface area contributed by atoms with Crippen LogP contribution < -0.4 is 5.32 Å². The Hall–Kier alpha value is -2.37. The van der Waals surface area contributed by atoms with Gasteiger partial charge in [-0.3, -0.25) is 0 Å². The monoisotopic (exact) mass is 369 g/mol. The molecule has 4 rings (SSSR count). The molecule has 2 aromatic carbocycles. The highest BCUT2D eigenvalue weighted by Gasteiger charge is 2.24. The molecule has 1 aromatic heterocycles. The van der Waals surface area contributed by atoms with Crippen molar-refractivity contribution in [3.63, 3.8) is 0 Å². The number of nitrogens with one attached hydrogen (secondary N) is 1. The first-order valence-corrected chi connectivity index (χ1v) is 9.20. The molecule has 0 saturated heterocycles. The molecule has 26 heavy (non-hydrogen) atoms. The molecular weight excluding hydrogens is 350 g/mol. The zero-order valence-electron chi connectivity index (χ0n) is 14.2. The summed E-state index contributed by atoms with van der Waals surface area (Å²) in [5.74, 6) is 0.726. The Morgan fingerprint density at radius 2 is 1.77 bits per heavy atom. The van der Waals surface area contributed by atoms with E-state index in [1.54, 1.807) is 12.1 Å². The number of benzene rings is 2. The third-order valence-electron chi connectivity index (χ3n) is 4.95. The van der Waals surface area contributed by atoms with Crippen molar-refractivity contribution in [1.29, 1.82) is 0 Å². The summed E-state index contributed by atoms with van der Waals surface area (Å²) in [5.41, 5.74) is 1.19. The van der Waals surface area contributed by atoms with Gasteiger partial charge in [-0.15, -0.1) is 10.2 Å². The van der Waals surface area contributed by atoms with Crippen LogP contribution >= 0.6 is 11.6 Å². The molecule has 3 N–H and O–H groups in total. The van der Waals surface area contributed by atoms with Crippen molar-refractivity contribution >= 4 is 28.2 Å². The molecule has 0 amide bonds. The largest absolute Gasteiger partial charge is 0.507 e. The summed E-state index contributed by atoms with van der Waals surface area (Å²) < 4.78 is 0. The Labute approximate surface area is 156 Å². The first-order chi connectivity index (χ1) is 12.6. The van der Waals surface area contributed by atoms with Gasteiger partial charge >= 0.3 is 0 Å². The molecule has 134 valence electrons. The number of aliphatic hydroxyl groups excluding tert-OH is 1. The molecule has 2 atom stereocenters. The maximum Gasteiger partial charge on any atom is 0.156 e. The smallest absolute Gasteiger partial charge is 0.156 e. The van der Waals surface area contributed by atoms with Gasteiger partial charge in [0.1, 0.15) is 11.4 Å². The van der Waals surface area contributed by atoms with E-state index in [4.69, 9.17) is 11.6 Å². The number of phenols is 1. The van der Waals surface area contributed by atoms with Crippen molar-refractivity contribution in [3.05, 3.63) is 47.5 Å². The number of halogens is 1. The number of rotatable bonds is 3. The van der Waals surface area contributed by atoms with Crippen LogP contribution in [0.3, 0.4) is 0 Å². The topological polar surface area (TPSA) is 78.3 Å². The summed E-state index contributed by atoms with van der Waals surface area (Å²) in [6.45, 7) is 0. The number of aromatic hydroxyl groups is 1. The van der Waals surface area contributed by atoms with Crippen LogP contribution in [-0.4, -0.2) is 32.6 Å². The second kappa shape index (κ2) is 7.09. The summed E-state index contributed by atoms with van der Waals surface area (Å²) in [4.78, 5) is 0. The number of aliphatic hydroxyl groups is 1. The van der Waals surface area contributed by atoms with Crippen molar-refractivity contribution in [1.82, 2.24) is 10.2 Å². The fraction of sp³-hybridized carbons (Fsp3) is 0.300. The lowest BCUT2D eigenvalue weighted by atomic mass is 9.92. The second-order valence-corrected chi connectivity index (χ2v) is 7.14. The van der Waals surface area contributed by atoms with E-state index in [9.17, 15) is 10.2 Å². The fourth-order valence-electron chi connectivity index (χ4n) is 3.57. The quantitative estimate of drug-likeness (QED) is 0.639. The van der Waals surface area contributed by atoms with Gasteiger partial charge in [-0.1, -0.05) is 48.7 Å². The molecular formula is C20H20ClN3O2. The van der Waals surface area contributed by atoms with Gasteiger partial charge in [-0.2, -0.15) is 0 Å². The lowest BCUT2D eigenvalue weighted by Crippen LogP contribution is -2.36. The first-order valence-electron chi connectivity index (χ1n) is 8.82. The van der Waals surface area contributed by atoms with E-state index in [1.165, 1.54) is 6.07 Å². The van der Waals surface area contributed by atoms with Gasteiger partial charge < -0.3 is 15.5 Å². The zero-order chi connectivity index (χ0) is 18.1. The molecule has 1 aliphatic rings. The van der Waals surface area contributed by atoms with Crippen molar-refractivity contribution < 1.29 is 10.2 Å². The Morgan fingerprint density at radius 3 is 2.54 bits per heavy atom. The van der Waals surface area contributed by atoms with Gasteiger partial charge in [0.25, 0.3) is 0 Å². The number of nitrogens with zero attached hydrogens (tertiary/aromatic N) is 2. The highest BCUT2D eigenvalue weighted by Crippen LogP contribution is 2.36. The second-order valence-electron chi connectivity index (χ2n) is 6.71. The number of fused-ring (bicyclic) bond motifs is 1. The molecule has 1 fully saturated rings. The molecule has 5 nitrogen and oxygen atoms in total. The van der Waals surface area contributed by atoms with E-state index in [-0.39, 0.29) is 17.9 Å². The standard InChI is InChI=1S/C20H20ClN3O2/c21-12-9-10-15(18(26)11-12)19-13-5-1-2-6-14(13)20(24-23-19)22-16-7-3-4-8-17(16)25/h1-2,5-6,9-11,16-17,25-26H,3-4,7-8H2,(H,22,24). The molecule has 3 aromatic rings. The number of phenolic OH excluding ortho intramolecular Hbond substituents is 1. The van der Waals surface area contributed by atoms with Gasteiger partial charge in [0.2, 0.25) is 0 Å². The van der Waals surface area contributed by atoms with E-state index in [0.717, 1.165) is 36.5 Å². The maximum absolute atomic E-state index is 10.3. The predicted molar refractivity (Wildman–Crippen MR) is 104 cm³/mol. The number of hydrogen-bond acceptors (Lipinski definition) is 5. The predicted octanol–water partition coefficient (Wildman–Crippen LogP) is 4.37. The summed E-state index contributed by atoms with van der Waals surface area (Å²) in [7, 11) is 0. The van der Waals surface area contributed by atoms with Crippen LogP contribution in [0.15, 0.2) is 42.5 Å². The lowest BCUT2D eigenvalue weighted by molar-refractivity contribution is 0.116. The van der Waals surface area contributed by atoms with E-state index < -0.39 is 0 Å². The van der Waals surface area contributed by atoms with Crippen LogP contribution in [0.5, 0.6) is 5.75 Å². The van der Waals surface area contributed by atoms with Crippen molar-refractivity contribution in [2.45, 2.75) is 37.8 Å². The third-order valence-corrected chi connectivity index (χ3v) is 5.19. The Kier molecular flexibility index (Phi) is 4.66. The van der Waals surface area contributed by atoms with Crippen LogP contribution in [0, 0.1) is 0 Å². The molecule has 1 saturated carbocycles. The van der Waals surface area contributed by atoms with Gasteiger partial charge in [0.05, 0.1) is 12.1 Å². The molecule has 1 aliphatic carbocycles. The summed E-state index contributed by atoms with van der Waals surface area (Å²) in [6.07, 6.45) is 3.50. The minimum absolute atomic E-state index is 0.0174. The fourth-order valence-corrected chi connectivity index (χ4v) is 3.74. The van der Waals surface area contributed by atoms with Gasteiger partial charge in [0.15, 0.2) is 5.82 Å². The molecule has 1 heterocycles. The molecule has 0 bridgehead atoms. The van der Waals surface area contributed by atoms with Crippen LogP contribution in [0.1, 0.15) is 25.7 Å². The van der Waals surface area contributed by atoms with Gasteiger partial charge in [-0.05, 0) is 31.0 Å². The summed E-state index contributed by atoms with van der Waals surface area (Å²) >= 11 is 5.94. The van der Waals surface area contributed by atoms with Crippen LogP contribution in [0.25, 0.3) is 22.0 Å². The molecule has 2 unspecified atom stereocenters. The van der Waals surface area contributed by atoms with Crippen molar-refractivity contribution in [3.8, 4) is 17.0 Å². The van der Waals surface area contributed by atoms with E-state index in [0.29, 0.717) is 22.1 Å². The van der Waals surface area contributed by atoms with E-state index >= 15 is 0 Å². The molecule has 6 heteroatoms. The lowest BCUT2D eigenvalue weighted by Gasteiger charge is -2.29. The molecule has 0 spiro atoms. The number of aromatic nitrogens is 2. The van der Waals surface area contributed by atoms with E-state index in [1.807, 2.05) is 24.3 Å². The number of hydrogen-bond donors (Lipinski definition) is 3. The van der Waals surface area contributed by atoms with Gasteiger partial charge in [-0.25, -0.2) is 0 Å². The SMILES string of the molecule is Oc1cc(Cl)ccc1-c1nnc(NC2CCCCC2O)c2ccccc12. The molecule has 0 aliphatic heterocycles. The Balaban J connectivity index is 1.78. The van der Waals surface area contributed by atoms with Crippen LogP contribution in [0.2, 0.25) is 5.02 Å². The minimum atomic E-state index is -0.371. The highest BCUT2D eigenvalue weighted by molar-refractivity contribution is 6.30. The minimum Gasteiger partial charge on any atom is -0.507 e. The van der Waals surface area contributed by atoms with Crippen LogP contribution in [-0.2, 0) is 0 Å². The normalized spacial score (nSPS) is 20.2. The van der Waals surface area contributed by atoms with Crippen molar-refractivity contribution in [2.75, 3.05) is 5.32 Å². The number of anilines is 1. The third kappa shape index (κ3) is 3.20. The Morgan fingerprint density at radius 1 is 1.00 bits per heavy atom. The van der Waals surface area contributed by atoms with Crippen LogP contribution in [0.4, 0.5) is 5.82 Å². The zero-order valence-corrected chi connectivity index (χ0v) is 14.9. The average molecular weight is 370 g/mol. The summed E-state index contributed by atoms with van der Waals surface area (Å²) in [6, 6.07) is 12.7. The average Bonchev–Trinajstić information content (AvgIpc) is 2.64. The van der Waals surface area contributed by atoms with Gasteiger partial charge in [0, 0.05) is 21.4 Å².